The first-order valence-corrected chi connectivity index (χ1v) is 11.1. The van der Waals surface area contributed by atoms with Crippen LogP contribution in [0, 0.1) is 6.92 Å². The van der Waals surface area contributed by atoms with Gasteiger partial charge in [-0.2, -0.15) is 0 Å². The van der Waals surface area contributed by atoms with Gasteiger partial charge in [0.1, 0.15) is 4.75 Å². The van der Waals surface area contributed by atoms with Crippen molar-refractivity contribution < 1.29 is 13.2 Å². The van der Waals surface area contributed by atoms with Crippen molar-refractivity contribution >= 4 is 49.0 Å². The van der Waals surface area contributed by atoms with Crippen LogP contribution >= 0.6 is 15.9 Å². The summed E-state index contributed by atoms with van der Waals surface area (Å²) in [6.07, 6.45) is 3.01. The zero-order valence-corrected chi connectivity index (χ0v) is 17.2. The number of hydrogen-bond acceptors (Lipinski definition) is 3. The van der Waals surface area contributed by atoms with Gasteiger partial charge in [-0.05, 0) is 59.5 Å². The van der Waals surface area contributed by atoms with Crippen molar-refractivity contribution in [1.82, 2.24) is 0 Å². The lowest BCUT2D eigenvalue weighted by molar-refractivity contribution is 0.262. The molecule has 8 heteroatoms. The summed E-state index contributed by atoms with van der Waals surface area (Å²) in [4.78, 5) is 12.5. The molecule has 2 amide bonds. The fraction of sp³-hybridized carbons (Fsp3) is 0.316. The van der Waals surface area contributed by atoms with Crippen molar-refractivity contribution in [1.29, 1.82) is 0 Å². The molecule has 1 fully saturated rings. The van der Waals surface area contributed by atoms with Crippen LogP contribution < -0.4 is 15.4 Å². The molecule has 3 N–H and O–H groups in total. The SMILES string of the molecule is Cc1ccc(NC(=O)Nc2ccccc2Br)c2c1C1(CCCC1)S(=O)(=O)N2. The molecular formula is C19H20BrN3O3S. The molecule has 6 nitrogen and oxygen atoms in total. The molecule has 1 aliphatic heterocycles. The second-order valence-electron chi connectivity index (χ2n) is 7.05. The normalized spacial score (nSPS) is 18.7. The first kappa shape index (κ1) is 18.3. The molecule has 142 valence electrons. The Kier molecular flexibility index (Phi) is 4.43. The van der Waals surface area contributed by atoms with E-state index in [1.54, 1.807) is 12.1 Å². The lowest BCUT2D eigenvalue weighted by atomic mass is 9.90. The van der Waals surface area contributed by atoms with Gasteiger partial charge in [-0.25, -0.2) is 13.2 Å². The van der Waals surface area contributed by atoms with E-state index in [1.165, 1.54) is 0 Å². The molecule has 0 atom stereocenters. The number of rotatable bonds is 2. The predicted molar refractivity (Wildman–Crippen MR) is 111 cm³/mol. The second kappa shape index (κ2) is 6.53. The topological polar surface area (TPSA) is 87.3 Å². The molecule has 1 saturated carbocycles. The zero-order valence-electron chi connectivity index (χ0n) is 14.8. The lowest BCUT2D eigenvalue weighted by Crippen LogP contribution is -2.31. The molecule has 1 heterocycles. The third-order valence-corrected chi connectivity index (χ3v) is 8.21. The number of carbonyl (C=O) groups is 1. The molecule has 0 saturated heterocycles. The lowest BCUT2D eigenvalue weighted by Gasteiger charge is -2.23. The standard InChI is InChI=1S/C19H20BrN3O3S/c1-12-8-9-15(22-18(24)21-14-7-3-2-6-13(14)20)17-16(12)19(10-4-5-11-19)27(25,26)23-17/h2-3,6-9,23H,4-5,10-11H2,1H3,(H2,21,22,24). The van der Waals surface area contributed by atoms with E-state index in [0.717, 1.165) is 28.4 Å². The number of benzene rings is 2. The van der Waals surface area contributed by atoms with Crippen LogP contribution in [-0.4, -0.2) is 14.4 Å². The highest BCUT2D eigenvalue weighted by atomic mass is 79.9. The highest BCUT2D eigenvalue weighted by Gasteiger charge is 2.54. The van der Waals surface area contributed by atoms with E-state index in [1.807, 2.05) is 31.2 Å². The summed E-state index contributed by atoms with van der Waals surface area (Å²) in [5.41, 5.74) is 3.33. The number of fused-ring (bicyclic) bond motifs is 2. The zero-order chi connectivity index (χ0) is 19.2. The van der Waals surface area contributed by atoms with Gasteiger partial charge < -0.3 is 10.6 Å². The van der Waals surface area contributed by atoms with E-state index < -0.39 is 20.8 Å². The Hall–Kier alpha value is -2.06. The van der Waals surface area contributed by atoms with Gasteiger partial charge in [-0.3, -0.25) is 4.72 Å². The van der Waals surface area contributed by atoms with Gasteiger partial charge >= 0.3 is 6.03 Å². The van der Waals surface area contributed by atoms with Crippen LogP contribution in [-0.2, 0) is 14.8 Å². The van der Waals surface area contributed by atoms with Crippen LogP contribution in [0.25, 0.3) is 0 Å². The third-order valence-electron chi connectivity index (χ3n) is 5.40. The number of hydrogen-bond donors (Lipinski definition) is 3. The Morgan fingerprint density at radius 1 is 1.07 bits per heavy atom. The highest BCUT2D eigenvalue weighted by molar-refractivity contribution is 9.10. The Labute approximate surface area is 166 Å². The maximum absolute atomic E-state index is 12.9. The largest absolute Gasteiger partial charge is 0.323 e. The third kappa shape index (κ3) is 2.91. The van der Waals surface area contributed by atoms with E-state index in [0.29, 0.717) is 29.9 Å². The van der Waals surface area contributed by atoms with Crippen LogP contribution in [0.5, 0.6) is 0 Å². The van der Waals surface area contributed by atoms with E-state index in [-0.39, 0.29) is 0 Å². The van der Waals surface area contributed by atoms with E-state index in [9.17, 15) is 13.2 Å². The molecule has 1 aliphatic carbocycles. The van der Waals surface area contributed by atoms with Gasteiger partial charge in [0.05, 0.1) is 17.1 Å². The van der Waals surface area contributed by atoms with E-state index in [2.05, 4.69) is 31.3 Å². The Morgan fingerprint density at radius 3 is 2.44 bits per heavy atom. The van der Waals surface area contributed by atoms with Crippen LogP contribution in [0.4, 0.5) is 21.9 Å². The van der Waals surface area contributed by atoms with Gasteiger partial charge in [-0.1, -0.05) is 31.0 Å². The average molecular weight is 450 g/mol. The Bertz CT molecular complexity index is 1030. The van der Waals surface area contributed by atoms with Gasteiger partial charge in [0.15, 0.2) is 0 Å². The number of sulfonamides is 1. The van der Waals surface area contributed by atoms with Crippen LogP contribution in [0.1, 0.15) is 36.8 Å². The summed E-state index contributed by atoms with van der Waals surface area (Å²) in [6, 6.07) is 10.5. The van der Waals surface area contributed by atoms with Crippen molar-refractivity contribution in [3.63, 3.8) is 0 Å². The number of para-hydroxylation sites is 1. The number of urea groups is 1. The minimum atomic E-state index is -3.52. The number of carbonyl (C=O) groups excluding carboxylic acids is 1. The summed E-state index contributed by atoms with van der Waals surface area (Å²) < 4.78 is 28.5. The maximum Gasteiger partial charge on any atom is 0.323 e. The molecule has 2 aromatic carbocycles. The Morgan fingerprint density at radius 2 is 1.74 bits per heavy atom. The second-order valence-corrected chi connectivity index (χ2v) is 9.89. The van der Waals surface area contributed by atoms with Crippen LogP contribution in [0.3, 0.4) is 0 Å². The predicted octanol–water partition coefficient (Wildman–Crippen LogP) is 4.93. The first-order valence-electron chi connectivity index (χ1n) is 8.83. The van der Waals surface area contributed by atoms with Gasteiger partial charge in [0, 0.05) is 10.0 Å². The monoisotopic (exact) mass is 449 g/mol. The quantitative estimate of drug-likeness (QED) is 0.607. The number of aryl methyl sites for hydroxylation is 1. The fourth-order valence-electron chi connectivity index (χ4n) is 4.17. The van der Waals surface area contributed by atoms with Crippen molar-refractivity contribution in [2.75, 3.05) is 15.4 Å². The molecule has 1 spiro atoms. The Balaban J connectivity index is 1.68. The molecule has 27 heavy (non-hydrogen) atoms. The number of anilines is 3. The van der Waals surface area contributed by atoms with E-state index in [4.69, 9.17) is 0 Å². The molecule has 0 bridgehead atoms. The summed E-state index contributed by atoms with van der Waals surface area (Å²) in [5.74, 6) is 0. The number of nitrogens with one attached hydrogen (secondary N) is 3. The van der Waals surface area contributed by atoms with Crippen LogP contribution in [0.2, 0.25) is 0 Å². The van der Waals surface area contributed by atoms with Crippen molar-refractivity contribution in [3.05, 3.63) is 52.0 Å². The van der Waals surface area contributed by atoms with Crippen LogP contribution in [0.15, 0.2) is 40.9 Å². The summed E-state index contributed by atoms with van der Waals surface area (Å²) in [7, 11) is -3.52. The molecule has 4 rings (SSSR count). The molecule has 0 aromatic heterocycles. The van der Waals surface area contributed by atoms with Gasteiger partial charge in [0.2, 0.25) is 10.0 Å². The summed E-state index contributed by atoms with van der Waals surface area (Å²) in [5, 5.41) is 5.56. The summed E-state index contributed by atoms with van der Waals surface area (Å²) in [6.45, 7) is 1.92. The molecule has 0 radical (unpaired) electrons. The minimum Gasteiger partial charge on any atom is -0.307 e. The summed E-state index contributed by atoms with van der Waals surface area (Å²) >= 11 is 3.39. The smallest absolute Gasteiger partial charge is 0.307 e. The number of amides is 2. The van der Waals surface area contributed by atoms with Crippen molar-refractivity contribution in [3.8, 4) is 0 Å². The maximum atomic E-state index is 12.9. The van der Waals surface area contributed by atoms with Crippen molar-refractivity contribution in [2.24, 2.45) is 0 Å². The van der Waals surface area contributed by atoms with Crippen molar-refractivity contribution in [2.45, 2.75) is 37.4 Å². The van der Waals surface area contributed by atoms with E-state index >= 15 is 0 Å². The fourth-order valence-corrected chi connectivity index (χ4v) is 6.59. The molecule has 2 aliphatic rings. The van der Waals surface area contributed by atoms with Gasteiger partial charge in [-0.15, -0.1) is 0 Å². The molecule has 2 aromatic rings. The molecular weight excluding hydrogens is 430 g/mol. The minimum absolute atomic E-state index is 0.431. The molecule has 0 unspecified atom stereocenters. The number of halogens is 1. The highest BCUT2D eigenvalue weighted by Crippen LogP contribution is 2.55. The first-order chi connectivity index (χ1) is 12.8. The average Bonchev–Trinajstić information content (AvgIpc) is 3.18. The van der Waals surface area contributed by atoms with Gasteiger partial charge in [0.25, 0.3) is 0 Å².